The molecular formula is C19H22N6O4. The standard InChI is InChI=1S/C19H22N6O4/c20-19(21)23-6-5-22-10-13-7-14-2-1-12(8-15(14)24-11-13)9-18(28)29-25-16(26)3-4-17(25)27/h1-2,7-8,11,22H,3-6,9-10H2,(H4,20,21,23). The van der Waals surface area contributed by atoms with E-state index in [9.17, 15) is 14.4 Å². The van der Waals surface area contributed by atoms with Crippen molar-refractivity contribution in [2.24, 2.45) is 5.73 Å². The number of hydroxylamine groups is 2. The topological polar surface area (TPSA) is 150 Å². The third-order valence-corrected chi connectivity index (χ3v) is 4.30. The maximum Gasteiger partial charge on any atom is 0.337 e. The summed E-state index contributed by atoms with van der Waals surface area (Å²) in [6.45, 7) is 1.83. The number of amides is 2. The zero-order chi connectivity index (χ0) is 20.8. The molecule has 1 aliphatic heterocycles. The second kappa shape index (κ2) is 9.11. The summed E-state index contributed by atoms with van der Waals surface area (Å²) in [5, 5.41) is 14.5. The highest BCUT2D eigenvalue weighted by Crippen LogP contribution is 2.17. The smallest absolute Gasteiger partial charge is 0.337 e. The number of nitrogens with one attached hydrogen (secondary N) is 3. The number of carbonyl (C=O) groups is 3. The van der Waals surface area contributed by atoms with Gasteiger partial charge in [0.05, 0.1) is 11.9 Å². The number of pyridine rings is 1. The Labute approximate surface area is 166 Å². The van der Waals surface area contributed by atoms with E-state index in [0.717, 1.165) is 16.5 Å². The molecule has 1 aromatic heterocycles. The molecule has 10 nitrogen and oxygen atoms in total. The molecule has 1 aromatic carbocycles. The van der Waals surface area contributed by atoms with Crippen LogP contribution in [0.1, 0.15) is 24.0 Å². The summed E-state index contributed by atoms with van der Waals surface area (Å²) in [5.41, 5.74) is 7.62. The van der Waals surface area contributed by atoms with Crippen LogP contribution in [0.15, 0.2) is 30.5 Å². The number of hydrogen-bond acceptors (Lipinski definition) is 7. The minimum absolute atomic E-state index is 0.0579. The number of rotatable bonds is 8. The molecule has 1 aliphatic rings. The molecule has 3 rings (SSSR count). The van der Waals surface area contributed by atoms with Crippen molar-refractivity contribution in [1.82, 2.24) is 20.7 Å². The first-order chi connectivity index (χ1) is 13.9. The fraction of sp³-hybridized carbons (Fsp3) is 0.316. The minimum atomic E-state index is -0.673. The summed E-state index contributed by atoms with van der Waals surface area (Å²) in [6.07, 6.45) is 1.81. The van der Waals surface area contributed by atoms with Crippen molar-refractivity contribution in [1.29, 1.82) is 5.41 Å². The number of imide groups is 1. The number of carbonyl (C=O) groups excluding carboxylic acids is 3. The van der Waals surface area contributed by atoms with Gasteiger partial charge < -0.3 is 21.2 Å². The van der Waals surface area contributed by atoms with Crippen LogP contribution < -0.4 is 16.4 Å². The minimum Gasteiger partial charge on any atom is -0.370 e. The molecule has 0 bridgehead atoms. The number of fused-ring (bicyclic) bond motifs is 1. The SMILES string of the molecule is N=C(N)NCCNCc1cnc2cc(CC(=O)ON3C(=O)CCC3=O)ccc2c1. The van der Waals surface area contributed by atoms with Crippen molar-refractivity contribution in [2.45, 2.75) is 25.8 Å². The Morgan fingerprint density at radius 3 is 2.66 bits per heavy atom. The van der Waals surface area contributed by atoms with Gasteiger partial charge in [0, 0.05) is 44.1 Å². The Morgan fingerprint density at radius 2 is 1.93 bits per heavy atom. The van der Waals surface area contributed by atoms with Gasteiger partial charge in [0.15, 0.2) is 5.96 Å². The van der Waals surface area contributed by atoms with Gasteiger partial charge in [-0.3, -0.25) is 20.0 Å². The van der Waals surface area contributed by atoms with Crippen molar-refractivity contribution in [3.8, 4) is 0 Å². The van der Waals surface area contributed by atoms with Gasteiger partial charge in [-0.1, -0.05) is 12.1 Å². The largest absolute Gasteiger partial charge is 0.370 e. The van der Waals surface area contributed by atoms with Gasteiger partial charge in [-0.15, -0.1) is 5.06 Å². The zero-order valence-corrected chi connectivity index (χ0v) is 15.7. The lowest BCUT2D eigenvalue weighted by Crippen LogP contribution is -2.35. The molecule has 0 unspecified atom stereocenters. The Morgan fingerprint density at radius 1 is 1.17 bits per heavy atom. The number of hydrogen-bond donors (Lipinski definition) is 4. The van der Waals surface area contributed by atoms with Gasteiger partial charge in [-0.05, 0) is 23.3 Å². The van der Waals surface area contributed by atoms with Crippen molar-refractivity contribution >= 4 is 34.6 Å². The Balaban J connectivity index is 1.56. The molecule has 152 valence electrons. The molecule has 10 heteroatoms. The maximum atomic E-state index is 12.0. The summed E-state index contributed by atoms with van der Waals surface area (Å²) < 4.78 is 0. The fourth-order valence-corrected chi connectivity index (χ4v) is 2.90. The van der Waals surface area contributed by atoms with Crippen LogP contribution in [0.5, 0.6) is 0 Å². The molecule has 2 aromatic rings. The molecule has 2 amide bonds. The van der Waals surface area contributed by atoms with E-state index in [0.29, 0.717) is 30.3 Å². The van der Waals surface area contributed by atoms with E-state index in [2.05, 4.69) is 15.6 Å². The Kier molecular flexibility index (Phi) is 6.35. The number of guanidine groups is 1. The lowest BCUT2D eigenvalue weighted by atomic mass is 10.1. The van der Waals surface area contributed by atoms with Gasteiger partial charge in [0.25, 0.3) is 11.8 Å². The number of nitrogens with two attached hydrogens (primary N) is 1. The molecule has 0 aliphatic carbocycles. The van der Waals surface area contributed by atoms with Gasteiger partial charge >= 0.3 is 5.97 Å². The number of aromatic nitrogens is 1. The lowest BCUT2D eigenvalue weighted by Gasteiger charge is -2.12. The molecule has 1 fully saturated rings. The van der Waals surface area contributed by atoms with Crippen LogP contribution in [-0.4, -0.2) is 46.9 Å². The van der Waals surface area contributed by atoms with Crippen LogP contribution in [0.3, 0.4) is 0 Å². The first-order valence-electron chi connectivity index (χ1n) is 9.15. The lowest BCUT2D eigenvalue weighted by molar-refractivity contribution is -0.197. The molecule has 0 atom stereocenters. The molecule has 29 heavy (non-hydrogen) atoms. The van der Waals surface area contributed by atoms with Crippen LogP contribution >= 0.6 is 0 Å². The van der Waals surface area contributed by atoms with Crippen LogP contribution in [0.2, 0.25) is 0 Å². The molecule has 2 heterocycles. The quantitative estimate of drug-likeness (QED) is 0.209. The Bertz CT molecular complexity index is 945. The van der Waals surface area contributed by atoms with Gasteiger partial charge in [0.2, 0.25) is 0 Å². The summed E-state index contributed by atoms with van der Waals surface area (Å²) in [6, 6.07) is 7.42. The maximum absolute atomic E-state index is 12.0. The van der Waals surface area contributed by atoms with Gasteiger partial charge in [-0.2, -0.15) is 0 Å². The van der Waals surface area contributed by atoms with E-state index in [1.165, 1.54) is 0 Å². The van der Waals surface area contributed by atoms with Crippen LogP contribution in [0.25, 0.3) is 10.9 Å². The fourth-order valence-electron chi connectivity index (χ4n) is 2.90. The van der Waals surface area contributed by atoms with E-state index in [1.807, 2.05) is 12.1 Å². The van der Waals surface area contributed by atoms with E-state index in [-0.39, 0.29) is 25.2 Å². The summed E-state index contributed by atoms with van der Waals surface area (Å²) in [4.78, 5) is 44.4. The molecule has 0 spiro atoms. The van der Waals surface area contributed by atoms with Gasteiger partial charge in [-0.25, -0.2) is 4.79 Å². The average molecular weight is 398 g/mol. The predicted octanol–water partition coefficient (Wildman–Crippen LogP) is -0.0428. The predicted molar refractivity (Wildman–Crippen MR) is 104 cm³/mol. The first kappa shape index (κ1) is 20.2. The number of nitrogens with zero attached hydrogens (tertiary/aromatic N) is 2. The Hall–Kier alpha value is -3.53. The van der Waals surface area contributed by atoms with Crippen LogP contribution in [-0.2, 0) is 32.2 Å². The van der Waals surface area contributed by atoms with E-state index in [4.69, 9.17) is 16.0 Å². The van der Waals surface area contributed by atoms with E-state index < -0.39 is 17.8 Å². The normalized spacial score (nSPS) is 13.7. The highest BCUT2D eigenvalue weighted by Gasteiger charge is 2.32. The summed E-state index contributed by atoms with van der Waals surface area (Å²) in [5.74, 6) is -1.73. The molecule has 0 radical (unpaired) electrons. The first-order valence-corrected chi connectivity index (χ1v) is 9.15. The molecule has 5 N–H and O–H groups in total. The number of benzene rings is 1. The molecule has 1 saturated heterocycles. The zero-order valence-electron chi connectivity index (χ0n) is 15.7. The highest BCUT2D eigenvalue weighted by atomic mass is 16.7. The average Bonchev–Trinajstić information content (AvgIpc) is 2.99. The molecule has 0 saturated carbocycles. The summed E-state index contributed by atoms with van der Waals surface area (Å²) >= 11 is 0. The third-order valence-electron chi connectivity index (χ3n) is 4.30. The van der Waals surface area contributed by atoms with Gasteiger partial charge in [0.1, 0.15) is 0 Å². The van der Waals surface area contributed by atoms with Crippen molar-refractivity contribution < 1.29 is 19.2 Å². The third kappa shape index (κ3) is 5.48. The monoisotopic (exact) mass is 398 g/mol. The van der Waals surface area contributed by atoms with Crippen molar-refractivity contribution in [2.75, 3.05) is 13.1 Å². The van der Waals surface area contributed by atoms with Crippen molar-refractivity contribution in [3.63, 3.8) is 0 Å². The summed E-state index contributed by atoms with van der Waals surface area (Å²) in [7, 11) is 0. The second-order valence-electron chi connectivity index (χ2n) is 6.61. The van der Waals surface area contributed by atoms with Crippen molar-refractivity contribution in [3.05, 3.63) is 41.6 Å². The second-order valence-corrected chi connectivity index (χ2v) is 6.61. The van der Waals surface area contributed by atoms with E-state index in [1.54, 1.807) is 18.3 Å². The molecular weight excluding hydrogens is 376 g/mol. The van der Waals surface area contributed by atoms with Crippen LogP contribution in [0, 0.1) is 5.41 Å². The van der Waals surface area contributed by atoms with E-state index >= 15 is 0 Å². The highest BCUT2D eigenvalue weighted by molar-refractivity contribution is 6.01. The van der Waals surface area contributed by atoms with Crippen LogP contribution in [0.4, 0.5) is 0 Å².